The molecule has 0 amide bonds. The minimum absolute atomic E-state index is 0.282. The van der Waals surface area contributed by atoms with Crippen LogP contribution in [0.4, 0.5) is 0 Å². The average molecular weight is 225 g/mol. The second-order valence-corrected chi connectivity index (χ2v) is 4.48. The highest BCUT2D eigenvalue weighted by atomic mass is 16.3. The Morgan fingerprint density at radius 3 is 2.81 bits per heavy atom. The van der Waals surface area contributed by atoms with E-state index in [1.165, 1.54) is 0 Å². The van der Waals surface area contributed by atoms with E-state index < -0.39 is 0 Å². The highest BCUT2D eigenvalue weighted by molar-refractivity contribution is 4.78. The van der Waals surface area contributed by atoms with Crippen molar-refractivity contribution in [3.8, 4) is 0 Å². The molecule has 0 aromatic carbocycles. The molecule has 92 valence electrons. The monoisotopic (exact) mass is 225 g/mol. The van der Waals surface area contributed by atoms with Gasteiger partial charge in [-0.1, -0.05) is 6.92 Å². The molecule has 0 aliphatic carbocycles. The molecule has 1 aromatic rings. The van der Waals surface area contributed by atoms with Crippen LogP contribution in [0.3, 0.4) is 0 Å². The third kappa shape index (κ3) is 5.28. The zero-order valence-corrected chi connectivity index (χ0v) is 10.3. The Morgan fingerprint density at radius 2 is 2.19 bits per heavy atom. The van der Waals surface area contributed by atoms with Crippen molar-refractivity contribution in [1.29, 1.82) is 0 Å². The maximum atomic E-state index is 8.79. The Labute approximate surface area is 97.7 Å². The molecule has 0 aliphatic rings. The van der Waals surface area contributed by atoms with Crippen molar-refractivity contribution in [3.63, 3.8) is 0 Å². The fourth-order valence-corrected chi connectivity index (χ4v) is 1.59. The van der Waals surface area contributed by atoms with Gasteiger partial charge in [0.05, 0.1) is 0 Å². The first-order chi connectivity index (χ1) is 7.72. The molecule has 1 rings (SSSR count). The second-order valence-electron chi connectivity index (χ2n) is 4.48. The highest BCUT2D eigenvalue weighted by Crippen LogP contribution is 2.01. The average Bonchev–Trinajstić information content (AvgIpc) is 2.77. The van der Waals surface area contributed by atoms with Gasteiger partial charge in [0.2, 0.25) is 0 Å². The summed E-state index contributed by atoms with van der Waals surface area (Å²) in [4.78, 5) is 0. The molecule has 0 saturated heterocycles. The van der Waals surface area contributed by atoms with E-state index in [1.54, 1.807) is 6.20 Å². The van der Waals surface area contributed by atoms with Gasteiger partial charge in [-0.15, -0.1) is 0 Å². The summed E-state index contributed by atoms with van der Waals surface area (Å²) in [5.74, 6) is 0.539. The Balaban J connectivity index is 2.09. The summed E-state index contributed by atoms with van der Waals surface area (Å²) < 4.78 is 1.95. The predicted octanol–water partition coefficient (Wildman–Crippen LogP) is 1.27. The molecule has 0 saturated carbocycles. The van der Waals surface area contributed by atoms with E-state index in [0.717, 1.165) is 25.9 Å². The first kappa shape index (κ1) is 13.2. The predicted molar refractivity (Wildman–Crippen MR) is 65.2 cm³/mol. The van der Waals surface area contributed by atoms with Crippen LogP contribution >= 0.6 is 0 Å². The van der Waals surface area contributed by atoms with Gasteiger partial charge in [-0.05, 0) is 38.3 Å². The summed E-state index contributed by atoms with van der Waals surface area (Å²) in [6.45, 7) is 6.56. The van der Waals surface area contributed by atoms with E-state index in [-0.39, 0.29) is 6.61 Å². The van der Waals surface area contributed by atoms with Gasteiger partial charge in [-0.2, -0.15) is 5.10 Å². The Morgan fingerprint density at radius 1 is 1.38 bits per heavy atom. The topological polar surface area (TPSA) is 50.1 Å². The molecule has 4 heteroatoms. The lowest BCUT2D eigenvalue weighted by Crippen LogP contribution is -2.31. The largest absolute Gasteiger partial charge is 0.396 e. The van der Waals surface area contributed by atoms with Gasteiger partial charge in [0.25, 0.3) is 0 Å². The van der Waals surface area contributed by atoms with Gasteiger partial charge in [0, 0.05) is 31.6 Å². The molecular weight excluding hydrogens is 202 g/mol. The lowest BCUT2D eigenvalue weighted by molar-refractivity contribution is 0.257. The maximum Gasteiger partial charge on any atom is 0.0489 e. The van der Waals surface area contributed by atoms with Gasteiger partial charge in [-0.3, -0.25) is 4.68 Å². The zero-order valence-electron chi connectivity index (χ0n) is 10.3. The molecule has 2 unspecified atom stereocenters. The first-order valence-corrected chi connectivity index (χ1v) is 6.04. The van der Waals surface area contributed by atoms with E-state index in [9.17, 15) is 0 Å². The van der Waals surface area contributed by atoms with Gasteiger partial charge in [0.15, 0.2) is 0 Å². The van der Waals surface area contributed by atoms with Crippen molar-refractivity contribution in [1.82, 2.24) is 15.1 Å². The van der Waals surface area contributed by atoms with Crippen LogP contribution in [0.1, 0.15) is 26.7 Å². The molecule has 16 heavy (non-hydrogen) atoms. The van der Waals surface area contributed by atoms with Crippen LogP contribution in [0.5, 0.6) is 0 Å². The fraction of sp³-hybridized carbons (Fsp3) is 0.750. The van der Waals surface area contributed by atoms with Crippen molar-refractivity contribution in [2.45, 2.75) is 39.3 Å². The Hall–Kier alpha value is -0.870. The highest BCUT2D eigenvalue weighted by Gasteiger charge is 2.05. The summed E-state index contributed by atoms with van der Waals surface area (Å²) in [5, 5.41) is 16.4. The normalized spacial score (nSPS) is 14.9. The number of nitrogens with one attached hydrogen (secondary N) is 1. The summed E-state index contributed by atoms with van der Waals surface area (Å²) in [6.07, 6.45) is 5.74. The number of nitrogens with zero attached hydrogens (tertiary/aromatic N) is 2. The first-order valence-electron chi connectivity index (χ1n) is 6.04. The number of hydrogen-bond acceptors (Lipinski definition) is 3. The van der Waals surface area contributed by atoms with Crippen LogP contribution in [-0.2, 0) is 6.54 Å². The van der Waals surface area contributed by atoms with Crippen molar-refractivity contribution in [2.75, 3.05) is 13.2 Å². The Bertz CT molecular complexity index is 261. The third-order valence-electron chi connectivity index (χ3n) is 2.79. The molecule has 0 aliphatic heterocycles. The third-order valence-corrected chi connectivity index (χ3v) is 2.79. The van der Waals surface area contributed by atoms with Crippen molar-refractivity contribution in [2.24, 2.45) is 5.92 Å². The molecule has 0 bridgehead atoms. The van der Waals surface area contributed by atoms with Gasteiger partial charge < -0.3 is 10.4 Å². The van der Waals surface area contributed by atoms with E-state index in [1.807, 2.05) is 16.9 Å². The number of aliphatic hydroxyl groups excluding tert-OH is 1. The molecule has 1 aromatic heterocycles. The standard InChI is InChI=1S/C12H23N3O/c1-11(5-9-16)10-13-12(2)4-8-15-7-3-6-14-15/h3,6-7,11-13,16H,4-5,8-10H2,1-2H3. The van der Waals surface area contributed by atoms with E-state index in [2.05, 4.69) is 24.3 Å². The van der Waals surface area contributed by atoms with Gasteiger partial charge >= 0.3 is 0 Å². The summed E-state index contributed by atoms with van der Waals surface area (Å²) in [6, 6.07) is 2.44. The Kier molecular flexibility index (Phi) is 6.11. The molecule has 0 spiro atoms. The summed E-state index contributed by atoms with van der Waals surface area (Å²) >= 11 is 0. The maximum absolute atomic E-state index is 8.79. The number of aromatic nitrogens is 2. The van der Waals surface area contributed by atoms with Crippen LogP contribution in [0, 0.1) is 5.92 Å². The van der Waals surface area contributed by atoms with Crippen LogP contribution in [-0.4, -0.2) is 34.1 Å². The number of aliphatic hydroxyl groups is 1. The molecule has 1 heterocycles. The van der Waals surface area contributed by atoms with Gasteiger partial charge in [-0.25, -0.2) is 0 Å². The van der Waals surface area contributed by atoms with E-state index >= 15 is 0 Å². The van der Waals surface area contributed by atoms with Crippen molar-refractivity contribution >= 4 is 0 Å². The molecule has 4 nitrogen and oxygen atoms in total. The van der Waals surface area contributed by atoms with Crippen LogP contribution in [0.15, 0.2) is 18.5 Å². The minimum atomic E-state index is 0.282. The second kappa shape index (κ2) is 7.41. The van der Waals surface area contributed by atoms with Gasteiger partial charge in [0.1, 0.15) is 0 Å². The molecule has 0 radical (unpaired) electrons. The van der Waals surface area contributed by atoms with Crippen molar-refractivity contribution in [3.05, 3.63) is 18.5 Å². The summed E-state index contributed by atoms with van der Waals surface area (Å²) in [7, 11) is 0. The minimum Gasteiger partial charge on any atom is -0.396 e. The number of hydrogen-bond donors (Lipinski definition) is 2. The van der Waals surface area contributed by atoms with Crippen LogP contribution in [0.2, 0.25) is 0 Å². The molecule has 0 fully saturated rings. The molecule has 2 N–H and O–H groups in total. The van der Waals surface area contributed by atoms with Crippen LogP contribution < -0.4 is 5.32 Å². The van der Waals surface area contributed by atoms with E-state index in [0.29, 0.717) is 12.0 Å². The molecular formula is C12H23N3O. The quantitative estimate of drug-likeness (QED) is 0.700. The number of aryl methyl sites for hydroxylation is 1. The van der Waals surface area contributed by atoms with Crippen molar-refractivity contribution < 1.29 is 5.11 Å². The lowest BCUT2D eigenvalue weighted by atomic mass is 10.1. The van der Waals surface area contributed by atoms with Crippen LogP contribution in [0.25, 0.3) is 0 Å². The van der Waals surface area contributed by atoms with E-state index in [4.69, 9.17) is 5.11 Å². The molecule has 2 atom stereocenters. The smallest absolute Gasteiger partial charge is 0.0489 e. The fourth-order valence-electron chi connectivity index (χ4n) is 1.59. The zero-order chi connectivity index (χ0) is 11.8. The lowest BCUT2D eigenvalue weighted by Gasteiger charge is -2.17. The summed E-state index contributed by atoms with van der Waals surface area (Å²) in [5.41, 5.74) is 0. The number of rotatable bonds is 8. The SMILES string of the molecule is CC(CCO)CNC(C)CCn1cccn1.